The number of nitro benzene ring substituents is 2. The number of ether oxygens (including phenoxy) is 2. The fourth-order valence-electron chi connectivity index (χ4n) is 4.14. The Balaban J connectivity index is 2.04. The summed E-state index contributed by atoms with van der Waals surface area (Å²) in [5.41, 5.74) is -0.542. The third kappa shape index (κ3) is 5.97. The van der Waals surface area contributed by atoms with Gasteiger partial charge in [-0.1, -0.05) is 27.7 Å². The van der Waals surface area contributed by atoms with Crippen LogP contribution in [0.4, 0.5) is 11.4 Å². The molecule has 0 atom stereocenters. The largest absolute Gasteiger partial charge is 0.485 e. The van der Waals surface area contributed by atoms with Crippen LogP contribution in [0.3, 0.4) is 0 Å². The summed E-state index contributed by atoms with van der Waals surface area (Å²) in [5.74, 6) is 0.168. The number of aromatic nitrogens is 1. The SMILES string of the molecule is CCN(CC)CCOc1ccc2cc3ccc(OCCN(CC)CC)c([N+](=O)[O-])c3nc2c1[N+](=O)[O-]. The summed E-state index contributed by atoms with van der Waals surface area (Å²) >= 11 is 0. The van der Waals surface area contributed by atoms with Crippen molar-refractivity contribution in [2.75, 3.05) is 52.5 Å². The van der Waals surface area contributed by atoms with Crippen molar-refractivity contribution >= 4 is 33.2 Å². The summed E-state index contributed by atoms with van der Waals surface area (Å²) in [4.78, 5) is 31.7. The predicted molar refractivity (Wildman–Crippen MR) is 139 cm³/mol. The van der Waals surface area contributed by atoms with Crippen LogP contribution in [-0.2, 0) is 0 Å². The van der Waals surface area contributed by atoms with Crippen LogP contribution in [-0.4, -0.2) is 77.1 Å². The molecule has 0 radical (unpaired) electrons. The Hall–Kier alpha value is -3.57. The highest BCUT2D eigenvalue weighted by Gasteiger charge is 2.26. The summed E-state index contributed by atoms with van der Waals surface area (Å²) in [7, 11) is 0. The first-order chi connectivity index (χ1) is 17.3. The van der Waals surface area contributed by atoms with Crippen LogP contribution in [0.15, 0.2) is 30.3 Å². The Labute approximate surface area is 209 Å². The average Bonchev–Trinajstić information content (AvgIpc) is 2.87. The van der Waals surface area contributed by atoms with Gasteiger partial charge in [-0.25, -0.2) is 4.98 Å². The van der Waals surface area contributed by atoms with E-state index in [4.69, 9.17) is 9.47 Å². The van der Waals surface area contributed by atoms with Crippen molar-refractivity contribution < 1.29 is 19.3 Å². The average molecular weight is 500 g/mol. The Bertz CT molecular complexity index is 1140. The van der Waals surface area contributed by atoms with Gasteiger partial charge in [-0.05, 0) is 56.5 Å². The van der Waals surface area contributed by atoms with Crippen LogP contribution in [0.2, 0.25) is 0 Å². The predicted octanol–water partition coefficient (Wildman–Crippen LogP) is 4.65. The Morgan fingerprint density at radius 2 is 1.11 bits per heavy atom. The molecule has 1 heterocycles. The van der Waals surface area contributed by atoms with Gasteiger partial charge in [0.1, 0.15) is 13.2 Å². The maximum Gasteiger partial charge on any atom is 0.336 e. The zero-order valence-corrected chi connectivity index (χ0v) is 21.2. The van der Waals surface area contributed by atoms with Crippen LogP contribution in [0, 0.1) is 20.2 Å². The van der Waals surface area contributed by atoms with E-state index in [2.05, 4.69) is 14.8 Å². The molecule has 11 nitrogen and oxygen atoms in total. The molecule has 0 aliphatic rings. The Kier molecular flexibility index (Phi) is 9.31. The van der Waals surface area contributed by atoms with Gasteiger partial charge in [-0.3, -0.25) is 20.2 Å². The second kappa shape index (κ2) is 12.4. The highest BCUT2D eigenvalue weighted by molar-refractivity contribution is 6.02. The van der Waals surface area contributed by atoms with Crippen LogP contribution in [0.5, 0.6) is 11.5 Å². The Morgan fingerprint density at radius 3 is 1.44 bits per heavy atom. The Morgan fingerprint density at radius 1 is 0.722 bits per heavy atom. The summed E-state index contributed by atoms with van der Waals surface area (Å²) < 4.78 is 11.5. The van der Waals surface area contributed by atoms with Crippen molar-refractivity contribution in [1.82, 2.24) is 14.8 Å². The summed E-state index contributed by atoms with van der Waals surface area (Å²) in [5, 5.41) is 25.1. The molecule has 0 unspecified atom stereocenters. The van der Waals surface area contributed by atoms with Crippen molar-refractivity contribution in [1.29, 1.82) is 0 Å². The molecular weight excluding hydrogens is 466 g/mol. The van der Waals surface area contributed by atoms with Crippen molar-refractivity contribution in [3.63, 3.8) is 0 Å². The number of hydrogen-bond acceptors (Lipinski definition) is 9. The third-order valence-electron chi connectivity index (χ3n) is 6.31. The normalized spacial score (nSPS) is 11.5. The van der Waals surface area contributed by atoms with E-state index in [9.17, 15) is 20.2 Å². The molecule has 36 heavy (non-hydrogen) atoms. The maximum atomic E-state index is 12.0. The second-order valence-corrected chi connectivity index (χ2v) is 8.22. The van der Waals surface area contributed by atoms with E-state index in [0.29, 0.717) is 23.9 Å². The topological polar surface area (TPSA) is 124 Å². The summed E-state index contributed by atoms with van der Waals surface area (Å²) in [6.45, 7) is 13.3. The minimum Gasteiger partial charge on any atom is -0.485 e. The molecule has 11 heteroatoms. The molecule has 0 saturated heterocycles. The van der Waals surface area contributed by atoms with Gasteiger partial charge in [0.15, 0.2) is 22.5 Å². The van der Waals surface area contributed by atoms with E-state index in [1.165, 1.54) is 0 Å². The van der Waals surface area contributed by atoms with Crippen LogP contribution < -0.4 is 9.47 Å². The molecule has 0 aliphatic heterocycles. The van der Waals surface area contributed by atoms with Gasteiger partial charge in [0.2, 0.25) is 0 Å². The molecule has 0 spiro atoms. The molecule has 0 N–H and O–H groups in total. The minimum absolute atomic E-state index is 0.0382. The van der Waals surface area contributed by atoms with E-state index in [-0.39, 0.29) is 47.1 Å². The number of fused-ring (bicyclic) bond motifs is 2. The maximum absolute atomic E-state index is 12.0. The minimum atomic E-state index is -0.551. The summed E-state index contributed by atoms with van der Waals surface area (Å²) in [6.07, 6.45) is 0. The van der Waals surface area contributed by atoms with Gasteiger partial charge in [-0.15, -0.1) is 0 Å². The molecule has 3 aromatic rings. The number of hydrogen-bond donors (Lipinski definition) is 0. The van der Waals surface area contributed by atoms with Gasteiger partial charge in [0.05, 0.1) is 9.85 Å². The van der Waals surface area contributed by atoms with Gasteiger partial charge in [0.25, 0.3) is 0 Å². The fourth-order valence-corrected chi connectivity index (χ4v) is 4.14. The molecule has 2 aromatic carbocycles. The van der Waals surface area contributed by atoms with Crippen LogP contribution >= 0.6 is 0 Å². The lowest BCUT2D eigenvalue weighted by atomic mass is 10.1. The first-order valence-corrected chi connectivity index (χ1v) is 12.2. The van der Waals surface area contributed by atoms with Gasteiger partial charge in [0, 0.05) is 23.9 Å². The zero-order chi connectivity index (χ0) is 26.2. The highest BCUT2D eigenvalue weighted by Crippen LogP contribution is 2.40. The van der Waals surface area contributed by atoms with E-state index < -0.39 is 9.85 Å². The van der Waals surface area contributed by atoms with Gasteiger partial charge >= 0.3 is 11.4 Å². The zero-order valence-electron chi connectivity index (χ0n) is 21.2. The monoisotopic (exact) mass is 499 g/mol. The number of nitrogens with zero attached hydrogens (tertiary/aromatic N) is 5. The standard InChI is InChI=1S/C25H33N5O6/c1-5-27(6-2)13-15-35-20-11-9-18-17-19-10-12-21(36-16-14-28(7-3)8-4)25(30(33)34)23(19)26-22(18)24(20)29(31)32/h9-12,17H,5-8,13-16H2,1-4H3. The lowest BCUT2D eigenvalue weighted by Gasteiger charge is -2.18. The van der Waals surface area contributed by atoms with Crippen molar-refractivity contribution in [3.05, 3.63) is 50.6 Å². The first-order valence-electron chi connectivity index (χ1n) is 12.2. The van der Waals surface area contributed by atoms with E-state index in [0.717, 1.165) is 26.2 Å². The molecule has 1 aromatic heterocycles. The molecule has 0 aliphatic carbocycles. The number of benzene rings is 2. The molecule has 0 fully saturated rings. The summed E-state index contributed by atoms with van der Waals surface area (Å²) in [6, 6.07) is 8.13. The molecule has 0 amide bonds. The van der Waals surface area contributed by atoms with Crippen molar-refractivity contribution in [2.24, 2.45) is 0 Å². The second-order valence-electron chi connectivity index (χ2n) is 8.22. The first kappa shape index (κ1) is 27.0. The smallest absolute Gasteiger partial charge is 0.336 e. The third-order valence-corrected chi connectivity index (χ3v) is 6.31. The number of nitro groups is 2. The van der Waals surface area contributed by atoms with E-state index in [1.54, 1.807) is 30.3 Å². The van der Waals surface area contributed by atoms with Crippen LogP contribution in [0.1, 0.15) is 27.7 Å². The van der Waals surface area contributed by atoms with Gasteiger partial charge < -0.3 is 19.3 Å². The lowest BCUT2D eigenvalue weighted by Crippen LogP contribution is -2.28. The highest BCUT2D eigenvalue weighted by atomic mass is 16.6. The van der Waals surface area contributed by atoms with Crippen molar-refractivity contribution in [2.45, 2.75) is 27.7 Å². The molecule has 194 valence electrons. The van der Waals surface area contributed by atoms with Crippen LogP contribution in [0.25, 0.3) is 21.8 Å². The number of likely N-dealkylation sites (N-methyl/N-ethyl adjacent to an activating group) is 2. The van der Waals surface area contributed by atoms with E-state index >= 15 is 0 Å². The number of pyridine rings is 1. The number of rotatable bonds is 14. The van der Waals surface area contributed by atoms with Crippen molar-refractivity contribution in [3.8, 4) is 11.5 Å². The molecular formula is C25H33N5O6. The molecule has 0 bridgehead atoms. The fraction of sp³-hybridized carbons (Fsp3) is 0.480. The molecule has 0 saturated carbocycles. The van der Waals surface area contributed by atoms with E-state index in [1.807, 2.05) is 27.7 Å². The lowest BCUT2D eigenvalue weighted by molar-refractivity contribution is -0.384. The molecule has 3 rings (SSSR count). The quantitative estimate of drug-likeness (QED) is 0.177. The van der Waals surface area contributed by atoms with Gasteiger partial charge in [-0.2, -0.15) is 0 Å².